The molecule has 0 saturated carbocycles. The van der Waals surface area contributed by atoms with Crippen LogP contribution in [0.2, 0.25) is 0 Å². The van der Waals surface area contributed by atoms with Crippen molar-refractivity contribution in [2.24, 2.45) is 0 Å². The first-order valence-electron chi connectivity index (χ1n) is 7.01. The molecule has 0 amide bonds. The Hall–Kier alpha value is -1.79. The van der Waals surface area contributed by atoms with Gasteiger partial charge in [-0.05, 0) is 35.9 Å². The summed E-state index contributed by atoms with van der Waals surface area (Å²) in [4.78, 5) is 0.867. The summed E-state index contributed by atoms with van der Waals surface area (Å²) in [5, 5.41) is 0. The fourth-order valence-corrected chi connectivity index (χ4v) is 4.93. The molecule has 2 N–H and O–H groups in total. The van der Waals surface area contributed by atoms with Crippen LogP contribution >= 0.6 is 26.5 Å². The minimum Gasteiger partial charge on any atom is -0.453 e. The number of halogens is 1. The van der Waals surface area contributed by atoms with Crippen molar-refractivity contribution in [2.45, 2.75) is 9.79 Å². The first kappa shape index (κ1) is 14.8. The summed E-state index contributed by atoms with van der Waals surface area (Å²) in [5.41, 5.74) is 1.66. The molecule has 0 bridgehead atoms. The Labute approximate surface area is 144 Å². The Bertz CT molecular complexity index is 908. The third kappa shape index (κ3) is 2.37. The monoisotopic (exact) mass is 388 g/mol. The molecule has 4 rings (SSSR count). The van der Waals surface area contributed by atoms with Crippen LogP contribution < -0.4 is 4.74 Å². The lowest BCUT2D eigenvalue weighted by Gasteiger charge is -2.39. The molecule has 3 nitrogen and oxygen atoms in total. The number of ether oxygens (including phenoxy) is 1. The van der Waals surface area contributed by atoms with Crippen LogP contribution in [0.4, 0.5) is 0 Å². The van der Waals surface area contributed by atoms with E-state index in [4.69, 9.17) is 4.74 Å². The molecule has 3 aromatic carbocycles. The highest BCUT2D eigenvalue weighted by Crippen LogP contribution is 2.67. The van der Waals surface area contributed by atoms with Crippen LogP contribution in [0.5, 0.6) is 11.5 Å². The van der Waals surface area contributed by atoms with E-state index >= 15 is 0 Å². The molecular weight excluding hydrogens is 376 g/mol. The Morgan fingerprint density at radius 3 is 2.39 bits per heavy atom. The van der Waals surface area contributed by atoms with Crippen molar-refractivity contribution < 1.29 is 13.8 Å². The highest BCUT2D eigenvalue weighted by molar-refractivity contribution is 9.10. The van der Waals surface area contributed by atoms with Crippen molar-refractivity contribution in [3.63, 3.8) is 0 Å². The summed E-state index contributed by atoms with van der Waals surface area (Å²) >= 11 is 3.46. The van der Waals surface area contributed by atoms with E-state index in [0.29, 0.717) is 21.3 Å². The van der Waals surface area contributed by atoms with E-state index in [1.165, 1.54) is 0 Å². The molecule has 116 valence electrons. The van der Waals surface area contributed by atoms with Gasteiger partial charge < -0.3 is 4.74 Å². The number of hydrogen-bond acceptors (Lipinski definition) is 3. The average molecular weight is 389 g/mol. The zero-order valence-corrected chi connectivity index (χ0v) is 14.3. The molecule has 0 aromatic heterocycles. The third-order valence-electron chi connectivity index (χ3n) is 3.77. The summed E-state index contributed by atoms with van der Waals surface area (Å²) < 4.78 is 28.7. The van der Waals surface area contributed by atoms with Crippen molar-refractivity contribution >= 4 is 26.5 Å². The van der Waals surface area contributed by atoms with E-state index in [9.17, 15) is 9.11 Å². The van der Waals surface area contributed by atoms with Gasteiger partial charge in [0.25, 0.3) is 0 Å². The Morgan fingerprint density at radius 1 is 0.826 bits per heavy atom. The van der Waals surface area contributed by atoms with Crippen LogP contribution in [0.15, 0.2) is 81.0 Å². The van der Waals surface area contributed by atoms with Gasteiger partial charge in [-0.2, -0.15) is 0 Å². The lowest BCUT2D eigenvalue weighted by atomic mass is 10.1. The number of rotatable bonds is 1. The molecule has 23 heavy (non-hydrogen) atoms. The van der Waals surface area contributed by atoms with Gasteiger partial charge in [0, 0.05) is 10.0 Å². The van der Waals surface area contributed by atoms with Gasteiger partial charge in [0.05, 0.1) is 0 Å². The first-order valence-corrected chi connectivity index (χ1v) is 9.35. The second-order valence-corrected chi connectivity index (χ2v) is 8.10. The number of fused-ring (bicyclic) bond motifs is 2. The van der Waals surface area contributed by atoms with Gasteiger partial charge in [0.1, 0.15) is 9.79 Å². The van der Waals surface area contributed by atoms with Crippen molar-refractivity contribution in [1.29, 1.82) is 0 Å². The van der Waals surface area contributed by atoms with Crippen molar-refractivity contribution in [3.8, 4) is 22.6 Å². The molecule has 1 aliphatic heterocycles. The highest BCUT2D eigenvalue weighted by atomic mass is 79.9. The molecule has 0 saturated heterocycles. The second-order valence-electron chi connectivity index (χ2n) is 5.24. The van der Waals surface area contributed by atoms with E-state index in [2.05, 4.69) is 15.9 Å². The Kier molecular flexibility index (Phi) is 3.46. The van der Waals surface area contributed by atoms with E-state index in [0.717, 1.165) is 15.6 Å². The predicted octanol–water partition coefficient (Wildman–Crippen LogP) is 6.39. The number of benzene rings is 3. The molecule has 1 aliphatic rings. The van der Waals surface area contributed by atoms with Gasteiger partial charge in [0.15, 0.2) is 11.5 Å². The minimum atomic E-state index is -3.13. The van der Waals surface area contributed by atoms with Crippen molar-refractivity contribution in [2.75, 3.05) is 0 Å². The third-order valence-corrected chi connectivity index (χ3v) is 6.21. The number of para-hydroxylation sites is 1. The van der Waals surface area contributed by atoms with Gasteiger partial charge in [-0.15, -0.1) is 10.6 Å². The van der Waals surface area contributed by atoms with Gasteiger partial charge in [0.2, 0.25) is 0 Å². The summed E-state index contributed by atoms with van der Waals surface area (Å²) in [5.74, 6) is 0.979. The number of hydrogen-bond donors (Lipinski definition) is 2. The zero-order chi connectivity index (χ0) is 16.0. The SMILES string of the molecule is OS1(O)c2ccccc2Oc2cccc(-c3cccc(Br)c3)c21. The van der Waals surface area contributed by atoms with Crippen molar-refractivity contribution in [3.05, 3.63) is 71.2 Å². The summed E-state index contributed by atoms with van der Waals surface area (Å²) in [6.07, 6.45) is 0. The van der Waals surface area contributed by atoms with Crippen molar-refractivity contribution in [1.82, 2.24) is 0 Å². The summed E-state index contributed by atoms with van der Waals surface area (Å²) in [6.45, 7) is 0. The van der Waals surface area contributed by atoms with Crippen LogP contribution in [0, 0.1) is 0 Å². The lowest BCUT2D eigenvalue weighted by Crippen LogP contribution is -2.09. The second kappa shape index (κ2) is 5.39. The normalized spacial score (nSPS) is 16.0. The lowest BCUT2D eigenvalue weighted by molar-refractivity contribution is 0.416. The molecule has 0 fully saturated rings. The quantitative estimate of drug-likeness (QED) is 0.507. The van der Waals surface area contributed by atoms with Gasteiger partial charge >= 0.3 is 0 Å². The van der Waals surface area contributed by atoms with Gasteiger partial charge in [-0.1, -0.05) is 52.3 Å². The standard InChI is InChI=1S/C18H13BrO3S/c19-13-6-3-5-12(11-13)14-7-4-9-16-18(14)23(20,21)17-10-2-1-8-15(17)22-16/h1-11,20-21H. The molecule has 0 atom stereocenters. The maximum Gasteiger partial charge on any atom is 0.151 e. The van der Waals surface area contributed by atoms with E-state index < -0.39 is 10.6 Å². The van der Waals surface area contributed by atoms with Gasteiger partial charge in [-0.3, -0.25) is 9.11 Å². The molecule has 0 spiro atoms. The van der Waals surface area contributed by atoms with E-state index in [1.807, 2.05) is 42.5 Å². The molecule has 1 heterocycles. The molecule has 0 aliphatic carbocycles. The topological polar surface area (TPSA) is 49.7 Å². The molecule has 5 heteroatoms. The van der Waals surface area contributed by atoms with Crippen LogP contribution in [0.1, 0.15) is 0 Å². The van der Waals surface area contributed by atoms with Crippen LogP contribution in [-0.2, 0) is 0 Å². The van der Waals surface area contributed by atoms with E-state index in [-0.39, 0.29) is 0 Å². The zero-order valence-electron chi connectivity index (χ0n) is 11.9. The van der Waals surface area contributed by atoms with Crippen LogP contribution in [0.3, 0.4) is 0 Å². The smallest absolute Gasteiger partial charge is 0.151 e. The maximum absolute atomic E-state index is 10.9. The molecule has 3 aromatic rings. The molecular formula is C18H13BrO3S. The predicted molar refractivity (Wildman–Crippen MR) is 95.5 cm³/mol. The Morgan fingerprint density at radius 2 is 1.57 bits per heavy atom. The fourth-order valence-electron chi connectivity index (χ4n) is 2.77. The molecule has 0 radical (unpaired) electrons. The summed E-state index contributed by atoms with van der Waals surface area (Å²) in [7, 11) is -3.13. The average Bonchev–Trinajstić information content (AvgIpc) is 2.54. The highest BCUT2D eigenvalue weighted by Gasteiger charge is 2.34. The van der Waals surface area contributed by atoms with Gasteiger partial charge in [-0.25, -0.2) is 0 Å². The van der Waals surface area contributed by atoms with E-state index in [1.54, 1.807) is 24.3 Å². The van der Waals surface area contributed by atoms with Crippen LogP contribution in [-0.4, -0.2) is 9.11 Å². The Balaban J connectivity index is 1.99. The fraction of sp³-hybridized carbons (Fsp3) is 0. The molecule has 0 unspecified atom stereocenters. The maximum atomic E-state index is 10.9. The minimum absolute atomic E-state index is 0.426. The first-order chi connectivity index (χ1) is 11.1. The van der Waals surface area contributed by atoms with Crippen LogP contribution in [0.25, 0.3) is 11.1 Å². The largest absolute Gasteiger partial charge is 0.453 e. The summed E-state index contributed by atoms with van der Waals surface area (Å²) in [6, 6.07) is 20.3.